The van der Waals surface area contributed by atoms with E-state index in [0.29, 0.717) is 18.1 Å². The topological polar surface area (TPSA) is 46.6 Å². The van der Waals surface area contributed by atoms with Gasteiger partial charge in [0, 0.05) is 6.54 Å². The third kappa shape index (κ3) is 1.98. The lowest BCUT2D eigenvalue weighted by Gasteiger charge is -2.09. The van der Waals surface area contributed by atoms with Gasteiger partial charge in [-0.3, -0.25) is 4.90 Å². The first-order chi connectivity index (χ1) is 5.63. The molecule has 0 spiro atoms. The third-order valence-electron chi connectivity index (χ3n) is 1.67. The Balaban J connectivity index is 2.75. The first-order valence-corrected chi connectivity index (χ1v) is 3.72. The number of aryl methyl sites for hydroxylation is 1. The molecule has 0 aliphatic heterocycles. The van der Waals surface area contributed by atoms with E-state index in [1.165, 1.54) is 0 Å². The second-order valence-corrected chi connectivity index (χ2v) is 2.61. The fourth-order valence-corrected chi connectivity index (χ4v) is 0.837. The Kier molecular flexibility index (Phi) is 2.70. The Labute approximate surface area is 70.8 Å². The summed E-state index contributed by atoms with van der Waals surface area (Å²) in [4.78, 5) is 12.5. The molecule has 1 rings (SSSR count). The van der Waals surface area contributed by atoms with Crippen LogP contribution >= 0.6 is 0 Å². The lowest BCUT2D eigenvalue weighted by atomic mass is 10.3. The molecular weight excluding hydrogens is 158 g/mol. The van der Waals surface area contributed by atoms with Crippen LogP contribution in [-0.2, 0) is 6.54 Å². The van der Waals surface area contributed by atoms with E-state index >= 15 is 0 Å². The molecule has 4 heteroatoms. The summed E-state index contributed by atoms with van der Waals surface area (Å²) in [5.41, 5.74) is 0. The lowest BCUT2D eigenvalue weighted by Crippen LogP contribution is -2.12. The highest BCUT2D eigenvalue weighted by Crippen LogP contribution is 2.07. The van der Waals surface area contributed by atoms with E-state index in [0.717, 1.165) is 0 Å². The maximum absolute atomic E-state index is 10.6. The van der Waals surface area contributed by atoms with Crippen LogP contribution in [0.15, 0.2) is 13.6 Å². The average molecular weight is 170 g/mol. The molecule has 0 saturated heterocycles. The second-order valence-electron chi connectivity index (χ2n) is 2.61. The van der Waals surface area contributed by atoms with Gasteiger partial charge in [0.25, 0.3) is 0 Å². The molecule has 0 fully saturated rings. The third-order valence-corrected chi connectivity index (χ3v) is 1.67. The molecular formula is C8H12NO3. The van der Waals surface area contributed by atoms with Gasteiger partial charge in [0.15, 0.2) is 5.76 Å². The van der Waals surface area contributed by atoms with Gasteiger partial charge in [-0.1, -0.05) is 0 Å². The minimum absolute atomic E-state index is 0.550. The molecule has 0 aliphatic rings. The van der Waals surface area contributed by atoms with Crippen molar-refractivity contribution in [3.63, 3.8) is 0 Å². The summed E-state index contributed by atoms with van der Waals surface area (Å²) >= 11 is 0. The van der Waals surface area contributed by atoms with Gasteiger partial charge in [0.1, 0.15) is 5.76 Å². The maximum atomic E-state index is 10.6. The molecule has 1 radical (unpaired) electrons. The molecule has 0 amide bonds. The fraction of sp³-hybridized carbons (Fsp3) is 0.500. The molecule has 1 aromatic heterocycles. The molecule has 0 N–H and O–H groups in total. The van der Waals surface area contributed by atoms with Gasteiger partial charge < -0.3 is 8.83 Å². The molecule has 1 heterocycles. The molecule has 12 heavy (non-hydrogen) atoms. The van der Waals surface area contributed by atoms with Gasteiger partial charge in [0.05, 0.1) is 6.54 Å². The second kappa shape index (κ2) is 3.58. The summed E-state index contributed by atoms with van der Waals surface area (Å²) in [6.07, 6.45) is 0. The van der Waals surface area contributed by atoms with Crippen LogP contribution in [0.5, 0.6) is 0 Å². The van der Waals surface area contributed by atoms with Crippen molar-refractivity contribution in [2.24, 2.45) is 0 Å². The van der Waals surface area contributed by atoms with Crippen molar-refractivity contribution in [2.75, 3.05) is 7.05 Å². The molecule has 4 nitrogen and oxygen atoms in total. The van der Waals surface area contributed by atoms with Crippen LogP contribution in [0, 0.1) is 13.5 Å². The Morgan fingerprint density at radius 2 is 2.17 bits per heavy atom. The first-order valence-electron chi connectivity index (χ1n) is 3.72. The van der Waals surface area contributed by atoms with Crippen LogP contribution in [0.25, 0.3) is 0 Å². The predicted molar refractivity (Wildman–Crippen MR) is 43.4 cm³/mol. The van der Waals surface area contributed by atoms with Crippen LogP contribution in [0.1, 0.15) is 18.4 Å². The molecule has 67 valence electrons. The minimum atomic E-state index is -0.632. The first kappa shape index (κ1) is 9.06. The van der Waals surface area contributed by atoms with Crippen LogP contribution in [0.3, 0.4) is 0 Å². The van der Waals surface area contributed by atoms with Gasteiger partial charge in [0.2, 0.25) is 0 Å². The SMILES string of the molecule is C[CH]N(C)Cc1oc(=O)oc1C. The minimum Gasteiger partial charge on any atom is -0.396 e. The summed E-state index contributed by atoms with van der Waals surface area (Å²) in [6.45, 7) is 6.08. The number of hydrogen-bond donors (Lipinski definition) is 0. The molecule has 1 aromatic rings. The van der Waals surface area contributed by atoms with Gasteiger partial charge in [-0.05, 0) is 20.9 Å². The normalized spacial score (nSPS) is 11.0. The highest BCUT2D eigenvalue weighted by Gasteiger charge is 2.09. The van der Waals surface area contributed by atoms with Crippen LogP contribution < -0.4 is 5.82 Å². The zero-order valence-electron chi connectivity index (χ0n) is 7.46. The van der Waals surface area contributed by atoms with E-state index in [4.69, 9.17) is 8.83 Å². The van der Waals surface area contributed by atoms with Gasteiger partial charge in [-0.15, -0.1) is 0 Å². The smallest absolute Gasteiger partial charge is 0.396 e. The summed E-state index contributed by atoms with van der Waals surface area (Å²) in [7, 11) is 1.90. The average Bonchev–Trinajstić information content (AvgIpc) is 2.30. The van der Waals surface area contributed by atoms with Gasteiger partial charge >= 0.3 is 5.82 Å². The van der Waals surface area contributed by atoms with E-state index in [1.54, 1.807) is 6.92 Å². The molecule has 0 atom stereocenters. The molecule has 0 bridgehead atoms. The Bertz CT molecular complexity index is 299. The fourth-order valence-electron chi connectivity index (χ4n) is 0.837. The summed E-state index contributed by atoms with van der Waals surface area (Å²) in [5.74, 6) is 0.501. The van der Waals surface area contributed by atoms with Crippen molar-refractivity contribution < 1.29 is 8.83 Å². The van der Waals surface area contributed by atoms with Crippen LogP contribution in [0.4, 0.5) is 0 Å². The molecule has 0 aromatic carbocycles. The standard InChI is InChI=1S/C8H12NO3/c1-4-9(3)5-7-6(2)11-8(10)12-7/h4H,5H2,1-3H3. The van der Waals surface area contributed by atoms with Crippen molar-refractivity contribution in [2.45, 2.75) is 20.4 Å². The Morgan fingerprint density at radius 3 is 2.58 bits per heavy atom. The Morgan fingerprint density at radius 1 is 1.50 bits per heavy atom. The zero-order valence-corrected chi connectivity index (χ0v) is 7.46. The van der Waals surface area contributed by atoms with Crippen molar-refractivity contribution in [1.82, 2.24) is 4.90 Å². The number of nitrogens with zero attached hydrogens (tertiary/aromatic N) is 1. The predicted octanol–water partition coefficient (Wildman–Crippen LogP) is 1.15. The van der Waals surface area contributed by atoms with Crippen molar-refractivity contribution in [3.8, 4) is 0 Å². The monoisotopic (exact) mass is 170 g/mol. The van der Waals surface area contributed by atoms with Crippen molar-refractivity contribution in [1.29, 1.82) is 0 Å². The van der Waals surface area contributed by atoms with Gasteiger partial charge in [-0.2, -0.15) is 0 Å². The highest BCUT2D eigenvalue weighted by molar-refractivity contribution is 5.00. The van der Waals surface area contributed by atoms with Crippen molar-refractivity contribution >= 4 is 0 Å². The zero-order chi connectivity index (χ0) is 9.14. The molecule has 0 saturated carbocycles. The quantitative estimate of drug-likeness (QED) is 0.682. The van der Waals surface area contributed by atoms with Crippen LogP contribution in [-0.4, -0.2) is 11.9 Å². The molecule has 0 unspecified atom stereocenters. The largest absolute Gasteiger partial charge is 0.519 e. The van der Waals surface area contributed by atoms with E-state index in [1.807, 2.05) is 25.4 Å². The van der Waals surface area contributed by atoms with E-state index < -0.39 is 5.82 Å². The van der Waals surface area contributed by atoms with Crippen LogP contribution in [0.2, 0.25) is 0 Å². The lowest BCUT2D eigenvalue weighted by molar-refractivity contribution is 0.327. The summed E-state index contributed by atoms with van der Waals surface area (Å²) < 4.78 is 9.50. The Hall–Kier alpha value is -1.03. The number of hydrogen-bond acceptors (Lipinski definition) is 4. The highest BCUT2D eigenvalue weighted by atomic mass is 16.6. The van der Waals surface area contributed by atoms with E-state index in [-0.39, 0.29) is 0 Å². The van der Waals surface area contributed by atoms with E-state index in [2.05, 4.69) is 0 Å². The maximum Gasteiger partial charge on any atom is 0.519 e. The van der Waals surface area contributed by atoms with Gasteiger partial charge in [-0.25, -0.2) is 4.79 Å². The number of rotatable bonds is 3. The summed E-state index contributed by atoms with van der Waals surface area (Å²) in [5, 5.41) is 0. The van der Waals surface area contributed by atoms with E-state index in [9.17, 15) is 4.79 Å². The molecule has 0 aliphatic carbocycles. The summed E-state index contributed by atoms with van der Waals surface area (Å²) in [6, 6.07) is 0. The van der Waals surface area contributed by atoms with Crippen molar-refractivity contribution in [3.05, 3.63) is 28.7 Å².